The summed E-state index contributed by atoms with van der Waals surface area (Å²) >= 11 is 5.11. The molecule has 0 saturated carbocycles. The van der Waals surface area contributed by atoms with Crippen LogP contribution in [-0.4, -0.2) is 24.6 Å². The lowest BCUT2D eigenvalue weighted by molar-refractivity contribution is 0.486. The number of nitrogens with zero attached hydrogens (tertiary/aromatic N) is 1. The van der Waals surface area contributed by atoms with Crippen LogP contribution in [0.15, 0.2) is 94.8 Å². The number of aromatic amines is 2. The highest BCUT2D eigenvalue weighted by Crippen LogP contribution is 2.25. The van der Waals surface area contributed by atoms with E-state index in [0.717, 1.165) is 21.8 Å². The predicted molar refractivity (Wildman–Crippen MR) is 129 cm³/mol. The predicted octanol–water partition coefficient (Wildman–Crippen LogP) is 5.90. The molecule has 158 valence electrons. The molecule has 0 unspecified atom stereocenters. The molecule has 0 amide bonds. The number of aliphatic imine (C=N–C) groups is 1. The van der Waals surface area contributed by atoms with Crippen LogP contribution >= 0.6 is 12.2 Å². The van der Waals surface area contributed by atoms with Gasteiger partial charge in [-0.3, -0.25) is 4.99 Å². The minimum Gasteiger partial charge on any atom is -0.378 e. The van der Waals surface area contributed by atoms with Crippen molar-refractivity contribution in [3.05, 3.63) is 95.3 Å². The fourth-order valence-electron chi connectivity index (χ4n) is 3.40. The van der Waals surface area contributed by atoms with Gasteiger partial charge in [-0.2, -0.15) is 8.42 Å². The van der Waals surface area contributed by atoms with Gasteiger partial charge in [0, 0.05) is 11.8 Å². The van der Waals surface area contributed by atoms with Gasteiger partial charge in [-0.1, -0.05) is 42.5 Å². The maximum Gasteiger partial charge on any atom is 0.339 e. The summed E-state index contributed by atoms with van der Waals surface area (Å²) in [5, 5.41) is 1.78. The van der Waals surface area contributed by atoms with E-state index in [-0.39, 0.29) is 10.6 Å². The number of rotatable bonds is 5. The van der Waals surface area contributed by atoms with Crippen molar-refractivity contribution in [3.8, 4) is 5.75 Å². The SMILES string of the molecule is O=S(=O)(Oc1ccccc1C=Nc1ccc2[nH]c(=S)[nH]c2c1)c1ccc2ccccc2c1. The first kappa shape index (κ1) is 20.2. The molecule has 1 heterocycles. The van der Waals surface area contributed by atoms with E-state index in [4.69, 9.17) is 16.4 Å². The number of para-hydroxylation sites is 1. The van der Waals surface area contributed by atoms with Crippen LogP contribution in [0.4, 0.5) is 5.69 Å². The molecule has 32 heavy (non-hydrogen) atoms. The average Bonchev–Trinajstić information content (AvgIpc) is 3.17. The zero-order valence-corrected chi connectivity index (χ0v) is 18.3. The van der Waals surface area contributed by atoms with Crippen molar-refractivity contribution in [1.82, 2.24) is 9.97 Å². The van der Waals surface area contributed by atoms with E-state index < -0.39 is 10.1 Å². The molecule has 0 aliphatic carbocycles. The molecule has 2 N–H and O–H groups in total. The lowest BCUT2D eigenvalue weighted by atomic mass is 10.1. The van der Waals surface area contributed by atoms with Gasteiger partial charge >= 0.3 is 10.1 Å². The molecular formula is C24H17N3O3S2. The van der Waals surface area contributed by atoms with Gasteiger partial charge in [0.1, 0.15) is 4.90 Å². The third-order valence-corrected chi connectivity index (χ3v) is 6.41. The Kier molecular flexibility index (Phi) is 5.08. The Hall–Kier alpha value is -3.75. The van der Waals surface area contributed by atoms with Gasteiger partial charge in [-0.15, -0.1) is 0 Å². The van der Waals surface area contributed by atoms with Gasteiger partial charge in [0.05, 0.1) is 16.7 Å². The van der Waals surface area contributed by atoms with Crippen LogP contribution in [0.25, 0.3) is 21.8 Å². The Balaban J connectivity index is 1.45. The highest BCUT2D eigenvalue weighted by Gasteiger charge is 2.18. The topological polar surface area (TPSA) is 87.3 Å². The number of imidazole rings is 1. The lowest BCUT2D eigenvalue weighted by Gasteiger charge is -2.10. The maximum absolute atomic E-state index is 12.9. The molecule has 0 bridgehead atoms. The highest BCUT2D eigenvalue weighted by molar-refractivity contribution is 7.87. The smallest absolute Gasteiger partial charge is 0.339 e. The van der Waals surface area contributed by atoms with Gasteiger partial charge < -0.3 is 14.2 Å². The van der Waals surface area contributed by atoms with Crippen LogP contribution in [0.1, 0.15) is 5.56 Å². The molecule has 5 aromatic rings. The normalized spacial score (nSPS) is 12.0. The monoisotopic (exact) mass is 459 g/mol. The van der Waals surface area contributed by atoms with Crippen molar-refractivity contribution >= 4 is 56.0 Å². The Morgan fingerprint density at radius 1 is 0.812 bits per heavy atom. The first-order valence-electron chi connectivity index (χ1n) is 9.76. The van der Waals surface area contributed by atoms with E-state index in [1.54, 1.807) is 48.7 Å². The average molecular weight is 460 g/mol. The Bertz CT molecular complexity index is 1650. The summed E-state index contributed by atoms with van der Waals surface area (Å²) in [5.41, 5.74) is 2.96. The van der Waals surface area contributed by atoms with Crippen LogP contribution in [0.5, 0.6) is 5.75 Å². The highest BCUT2D eigenvalue weighted by atomic mass is 32.2. The summed E-state index contributed by atoms with van der Waals surface area (Å²) in [4.78, 5) is 10.7. The summed E-state index contributed by atoms with van der Waals surface area (Å²) in [5.74, 6) is 0.200. The quantitative estimate of drug-likeness (QED) is 0.195. The molecule has 0 radical (unpaired) electrons. The van der Waals surface area contributed by atoms with Gasteiger partial charge in [-0.05, 0) is 65.5 Å². The van der Waals surface area contributed by atoms with E-state index in [9.17, 15) is 8.42 Å². The van der Waals surface area contributed by atoms with Gasteiger partial charge in [-0.25, -0.2) is 0 Å². The van der Waals surface area contributed by atoms with E-state index in [1.807, 2.05) is 42.5 Å². The third kappa shape index (κ3) is 4.05. The lowest BCUT2D eigenvalue weighted by Crippen LogP contribution is -2.11. The number of hydrogen-bond acceptors (Lipinski definition) is 5. The zero-order valence-electron chi connectivity index (χ0n) is 16.6. The minimum atomic E-state index is -4.02. The first-order valence-corrected chi connectivity index (χ1v) is 11.6. The summed E-state index contributed by atoms with van der Waals surface area (Å²) in [6.45, 7) is 0. The zero-order chi connectivity index (χ0) is 22.1. The molecule has 0 atom stereocenters. The van der Waals surface area contributed by atoms with Crippen molar-refractivity contribution in [3.63, 3.8) is 0 Å². The van der Waals surface area contributed by atoms with E-state index >= 15 is 0 Å². The van der Waals surface area contributed by atoms with E-state index in [1.165, 1.54) is 0 Å². The Labute approximate surface area is 189 Å². The number of nitrogens with one attached hydrogen (secondary N) is 2. The van der Waals surface area contributed by atoms with Crippen LogP contribution in [-0.2, 0) is 10.1 Å². The van der Waals surface area contributed by atoms with Crippen LogP contribution in [0.3, 0.4) is 0 Å². The van der Waals surface area contributed by atoms with Crippen molar-refractivity contribution in [2.75, 3.05) is 0 Å². The second-order valence-corrected chi connectivity index (χ2v) is 9.11. The molecule has 0 spiro atoms. The van der Waals surface area contributed by atoms with Crippen molar-refractivity contribution in [2.45, 2.75) is 4.90 Å². The van der Waals surface area contributed by atoms with Crippen LogP contribution < -0.4 is 4.18 Å². The van der Waals surface area contributed by atoms with Gasteiger partial charge in [0.15, 0.2) is 10.5 Å². The molecule has 0 aliphatic heterocycles. The molecule has 4 aromatic carbocycles. The van der Waals surface area contributed by atoms with Crippen molar-refractivity contribution < 1.29 is 12.6 Å². The molecule has 0 saturated heterocycles. The molecular weight excluding hydrogens is 442 g/mol. The summed E-state index contributed by atoms with van der Waals surface area (Å²) < 4.78 is 31.9. The van der Waals surface area contributed by atoms with Gasteiger partial charge in [0.25, 0.3) is 0 Å². The Morgan fingerprint density at radius 2 is 1.56 bits per heavy atom. The van der Waals surface area contributed by atoms with Crippen LogP contribution in [0.2, 0.25) is 0 Å². The second kappa shape index (κ2) is 8.07. The second-order valence-electron chi connectivity index (χ2n) is 7.15. The fourth-order valence-corrected chi connectivity index (χ4v) is 4.61. The third-order valence-electron chi connectivity index (χ3n) is 4.98. The molecule has 8 heteroatoms. The van der Waals surface area contributed by atoms with Crippen molar-refractivity contribution in [2.24, 2.45) is 4.99 Å². The number of H-pyrrole nitrogens is 2. The molecule has 5 rings (SSSR count). The minimum absolute atomic E-state index is 0.0936. The largest absolute Gasteiger partial charge is 0.378 e. The summed E-state index contributed by atoms with van der Waals surface area (Å²) in [6.07, 6.45) is 1.58. The first-order chi connectivity index (χ1) is 15.5. The Morgan fingerprint density at radius 3 is 2.44 bits per heavy atom. The number of hydrogen-bond donors (Lipinski definition) is 2. The molecule has 1 aromatic heterocycles. The standard InChI is InChI=1S/C24H17N3O3S2/c28-32(29,20-11-9-16-5-1-2-6-17(16)13-20)30-23-8-4-3-7-18(23)15-25-19-10-12-21-22(14-19)27-24(31)26-21/h1-15H,(H2,26,27,31). The molecule has 6 nitrogen and oxygen atoms in total. The van der Waals surface area contributed by atoms with Crippen molar-refractivity contribution in [1.29, 1.82) is 0 Å². The van der Waals surface area contributed by atoms with E-state index in [2.05, 4.69) is 15.0 Å². The summed E-state index contributed by atoms with van der Waals surface area (Å²) in [7, 11) is -4.02. The number of benzene rings is 4. The van der Waals surface area contributed by atoms with Crippen LogP contribution in [0, 0.1) is 4.77 Å². The number of aromatic nitrogens is 2. The number of fused-ring (bicyclic) bond motifs is 2. The fraction of sp³-hybridized carbons (Fsp3) is 0. The molecule has 0 aliphatic rings. The van der Waals surface area contributed by atoms with Gasteiger partial charge in [0.2, 0.25) is 0 Å². The summed E-state index contributed by atoms with van der Waals surface area (Å²) in [6, 6.07) is 24.9. The molecule has 0 fully saturated rings. The van der Waals surface area contributed by atoms with E-state index in [0.29, 0.717) is 16.0 Å². The maximum atomic E-state index is 12.9.